The Morgan fingerprint density at radius 1 is 1.14 bits per heavy atom. The van der Waals surface area contributed by atoms with Crippen LogP contribution >= 0.6 is 23.1 Å². The molecule has 0 bridgehead atoms. The van der Waals surface area contributed by atoms with Crippen molar-refractivity contribution in [1.29, 1.82) is 0 Å². The maximum absolute atomic E-state index is 13.2. The number of hydrogen-bond donors (Lipinski definition) is 2. The van der Waals surface area contributed by atoms with Crippen molar-refractivity contribution in [2.75, 3.05) is 62.3 Å². The Morgan fingerprint density at radius 2 is 1.97 bits per heavy atom. The number of benzene rings is 2. The topological polar surface area (TPSA) is 114 Å². The number of ether oxygens (including phenoxy) is 2. The highest BCUT2D eigenvalue weighted by Gasteiger charge is 2.23. The molecule has 3 heterocycles. The molecule has 0 saturated carbocycles. The molecule has 0 fully saturated rings. The van der Waals surface area contributed by atoms with E-state index in [4.69, 9.17) is 9.47 Å². The summed E-state index contributed by atoms with van der Waals surface area (Å²) >= 11 is 3.53. The van der Waals surface area contributed by atoms with E-state index in [2.05, 4.69) is 51.4 Å². The average molecular weight is 584 g/mol. The van der Waals surface area contributed by atoms with E-state index < -0.39 is 7.14 Å². The quantitative estimate of drug-likeness (QED) is 0.281. The summed E-state index contributed by atoms with van der Waals surface area (Å²) in [5.74, 6) is 1.72. The Hall–Kier alpha value is -3.27. The van der Waals surface area contributed by atoms with Gasteiger partial charge in [0.15, 0.2) is 0 Å². The van der Waals surface area contributed by atoms with Crippen molar-refractivity contribution in [3.63, 3.8) is 0 Å². The molecular formula is C25H27BrN7O3P. The van der Waals surface area contributed by atoms with Crippen LogP contribution in [0.1, 0.15) is 0 Å². The fraction of sp³-hybridized carbons (Fsp3) is 0.280. The Balaban J connectivity index is 1.42. The zero-order valence-corrected chi connectivity index (χ0v) is 23.2. The van der Waals surface area contributed by atoms with E-state index in [0.717, 1.165) is 30.2 Å². The van der Waals surface area contributed by atoms with E-state index in [9.17, 15) is 4.57 Å². The van der Waals surface area contributed by atoms with Gasteiger partial charge in [0, 0.05) is 44.0 Å². The van der Waals surface area contributed by atoms with Crippen LogP contribution in [0.4, 0.5) is 28.8 Å². The molecule has 12 heteroatoms. The van der Waals surface area contributed by atoms with Gasteiger partial charge in [0.1, 0.15) is 30.8 Å². The molecule has 0 aliphatic carbocycles. The molecule has 2 N–H and O–H groups in total. The summed E-state index contributed by atoms with van der Waals surface area (Å²) in [6.45, 7) is 6.32. The molecule has 0 atom stereocenters. The van der Waals surface area contributed by atoms with Gasteiger partial charge in [-0.3, -0.25) is 9.97 Å². The van der Waals surface area contributed by atoms with E-state index in [1.165, 1.54) is 0 Å². The van der Waals surface area contributed by atoms with Crippen LogP contribution in [0.3, 0.4) is 0 Å². The number of aromatic nitrogens is 4. The van der Waals surface area contributed by atoms with Gasteiger partial charge in [-0.25, -0.2) is 4.98 Å². The van der Waals surface area contributed by atoms with E-state index in [0.29, 0.717) is 51.5 Å². The molecule has 2 aromatic heterocycles. The lowest BCUT2D eigenvalue weighted by molar-refractivity contribution is 0.201. The summed E-state index contributed by atoms with van der Waals surface area (Å²) in [6, 6.07) is 9.63. The zero-order valence-electron chi connectivity index (χ0n) is 20.7. The van der Waals surface area contributed by atoms with Gasteiger partial charge in [0.2, 0.25) is 5.95 Å². The number of hydrogen-bond acceptors (Lipinski definition) is 10. The lowest BCUT2D eigenvalue weighted by Gasteiger charge is -2.31. The van der Waals surface area contributed by atoms with Crippen LogP contribution in [0, 0.1) is 0 Å². The molecule has 2 aromatic carbocycles. The molecule has 1 aliphatic rings. The minimum absolute atomic E-state index is 0.399. The maximum atomic E-state index is 13.2. The Bertz CT molecular complexity index is 1500. The molecule has 5 rings (SSSR count). The molecule has 10 nitrogen and oxygen atoms in total. The van der Waals surface area contributed by atoms with Crippen molar-refractivity contribution >= 4 is 68.2 Å². The minimum Gasteiger partial charge on any atom is -0.489 e. The van der Waals surface area contributed by atoms with Gasteiger partial charge in [0.05, 0.1) is 39.8 Å². The number of nitrogens with one attached hydrogen (secondary N) is 2. The van der Waals surface area contributed by atoms with Crippen LogP contribution in [0.25, 0.3) is 11.0 Å². The number of methoxy groups -OCH3 is 1. The van der Waals surface area contributed by atoms with Gasteiger partial charge in [-0.1, -0.05) is 0 Å². The SMILES string of the molecule is COCCN1CCOc2cc(Nc3ncc(Br)c(Nc4ccc5nccnc5c4P(C)(C)=O)n3)ccc21. The second kappa shape index (κ2) is 10.6. The van der Waals surface area contributed by atoms with Crippen LogP contribution in [-0.2, 0) is 9.30 Å². The first kappa shape index (κ1) is 25.4. The number of nitrogens with zero attached hydrogens (tertiary/aromatic N) is 5. The summed E-state index contributed by atoms with van der Waals surface area (Å²) in [7, 11) is -1.01. The van der Waals surface area contributed by atoms with Crippen molar-refractivity contribution < 1.29 is 14.0 Å². The average Bonchev–Trinajstić information content (AvgIpc) is 2.88. The molecular weight excluding hydrogens is 557 g/mol. The molecule has 0 spiro atoms. The summed E-state index contributed by atoms with van der Waals surface area (Å²) in [5, 5.41) is 7.20. The second-order valence-corrected chi connectivity index (χ2v) is 12.9. The highest BCUT2D eigenvalue weighted by molar-refractivity contribution is 9.10. The normalized spacial score (nSPS) is 13.2. The Labute approximate surface area is 223 Å². The molecule has 192 valence electrons. The van der Waals surface area contributed by atoms with Crippen molar-refractivity contribution in [3.8, 4) is 5.75 Å². The largest absolute Gasteiger partial charge is 0.489 e. The van der Waals surface area contributed by atoms with Crippen LogP contribution in [-0.4, -0.2) is 66.7 Å². The van der Waals surface area contributed by atoms with Gasteiger partial charge in [-0.05, 0) is 53.5 Å². The van der Waals surface area contributed by atoms with E-state index >= 15 is 0 Å². The van der Waals surface area contributed by atoms with Crippen LogP contribution in [0.5, 0.6) is 5.75 Å². The highest BCUT2D eigenvalue weighted by Crippen LogP contribution is 2.41. The summed E-state index contributed by atoms with van der Waals surface area (Å²) in [5.41, 5.74) is 3.78. The van der Waals surface area contributed by atoms with E-state index in [1.807, 2.05) is 30.3 Å². The molecule has 0 radical (unpaired) electrons. The van der Waals surface area contributed by atoms with Crippen molar-refractivity contribution in [2.24, 2.45) is 0 Å². The molecule has 37 heavy (non-hydrogen) atoms. The fourth-order valence-electron chi connectivity index (χ4n) is 4.23. The third-order valence-electron chi connectivity index (χ3n) is 5.89. The third kappa shape index (κ3) is 5.53. The van der Waals surface area contributed by atoms with Gasteiger partial charge in [0.25, 0.3) is 0 Å². The van der Waals surface area contributed by atoms with Gasteiger partial charge in [-0.2, -0.15) is 4.98 Å². The van der Waals surface area contributed by atoms with Crippen LogP contribution in [0.15, 0.2) is 53.4 Å². The number of fused-ring (bicyclic) bond motifs is 2. The van der Waals surface area contributed by atoms with Gasteiger partial charge < -0.3 is 29.6 Å². The standard InChI is InChI=1S/C25H27BrN7O3P/c1-35-12-10-33-11-13-36-21-14-16(4-7-20(21)33)30-25-29-15-17(26)24(32-25)31-19-6-5-18-22(28-9-8-27-18)23(19)37(2,3)34/h4-9,14-15H,10-13H2,1-3H3,(H2,29,30,31,32). The lowest BCUT2D eigenvalue weighted by Crippen LogP contribution is -2.35. The predicted molar refractivity (Wildman–Crippen MR) is 151 cm³/mol. The first-order valence-corrected chi connectivity index (χ1v) is 15.1. The number of halogens is 1. The monoisotopic (exact) mass is 583 g/mol. The smallest absolute Gasteiger partial charge is 0.229 e. The second-order valence-electron chi connectivity index (χ2n) is 8.89. The maximum Gasteiger partial charge on any atom is 0.229 e. The summed E-state index contributed by atoms with van der Waals surface area (Å²) in [6.07, 6.45) is 4.89. The molecule has 0 saturated heterocycles. The van der Waals surface area contributed by atoms with Crippen molar-refractivity contribution in [1.82, 2.24) is 19.9 Å². The highest BCUT2D eigenvalue weighted by atomic mass is 79.9. The molecule has 4 aromatic rings. The minimum atomic E-state index is -2.71. The van der Waals surface area contributed by atoms with Gasteiger partial charge in [-0.15, -0.1) is 0 Å². The van der Waals surface area contributed by atoms with E-state index in [1.54, 1.807) is 39.0 Å². The summed E-state index contributed by atoms with van der Waals surface area (Å²) < 4.78 is 25.0. The fourth-order valence-corrected chi connectivity index (χ4v) is 5.91. The predicted octanol–water partition coefficient (Wildman–Crippen LogP) is 4.76. The first-order valence-electron chi connectivity index (χ1n) is 11.7. The molecule has 0 amide bonds. The van der Waals surface area contributed by atoms with Crippen molar-refractivity contribution in [3.05, 3.63) is 53.4 Å². The third-order valence-corrected chi connectivity index (χ3v) is 8.00. The van der Waals surface area contributed by atoms with Crippen LogP contribution < -0.4 is 25.6 Å². The Kier molecular flexibility index (Phi) is 7.28. The molecule has 1 aliphatic heterocycles. The van der Waals surface area contributed by atoms with E-state index in [-0.39, 0.29) is 0 Å². The summed E-state index contributed by atoms with van der Waals surface area (Å²) in [4.78, 5) is 20.1. The number of rotatable bonds is 8. The first-order chi connectivity index (χ1) is 17.8. The van der Waals surface area contributed by atoms with Crippen molar-refractivity contribution in [2.45, 2.75) is 0 Å². The Morgan fingerprint density at radius 3 is 2.78 bits per heavy atom. The molecule has 0 unspecified atom stereocenters. The van der Waals surface area contributed by atoms with Crippen LogP contribution in [0.2, 0.25) is 0 Å². The zero-order chi connectivity index (χ0) is 26.0. The van der Waals surface area contributed by atoms with Gasteiger partial charge >= 0.3 is 0 Å². The number of anilines is 5. The lowest BCUT2D eigenvalue weighted by atomic mass is 10.2.